The van der Waals surface area contributed by atoms with Crippen molar-refractivity contribution in [3.63, 3.8) is 0 Å². The molecule has 0 atom stereocenters. The van der Waals surface area contributed by atoms with Crippen LogP contribution in [-0.2, 0) is 0 Å². The maximum absolute atomic E-state index is 11.1. The van der Waals surface area contributed by atoms with Crippen LogP contribution in [0.4, 0.5) is 17.1 Å². The van der Waals surface area contributed by atoms with Crippen molar-refractivity contribution in [3.8, 4) is 11.1 Å². The summed E-state index contributed by atoms with van der Waals surface area (Å²) in [6.45, 7) is 0. The Morgan fingerprint density at radius 3 is 2.52 bits per heavy atom. The van der Waals surface area contributed by atoms with E-state index in [1.165, 1.54) is 12.1 Å². The van der Waals surface area contributed by atoms with Gasteiger partial charge in [0, 0.05) is 21.3 Å². The number of nitrogen functional groups attached to an aromatic ring is 1. The molecule has 0 amide bonds. The highest BCUT2D eigenvalue weighted by molar-refractivity contribution is 6.36. The molecule has 25 heavy (non-hydrogen) atoms. The fraction of sp³-hybridized carbons (Fsp3) is 0. The number of hydrogen-bond donors (Lipinski definition) is 3. The van der Waals surface area contributed by atoms with Crippen LogP contribution in [-0.4, -0.2) is 11.1 Å². The van der Waals surface area contributed by atoms with Gasteiger partial charge in [0.25, 0.3) is 0 Å². The summed E-state index contributed by atoms with van der Waals surface area (Å²) >= 11 is 12.2. The minimum Gasteiger partial charge on any atom is -0.478 e. The number of aromatic carboxylic acids is 1. The summed E-state index contributed by atoms with van der Waals surface area (Å²) in [6.07, 6.45) is 0. The molecular weight excluding hydrogens is 359 g/mol. The molecule has 0 aromatic heterocycles. The average Bonchev–Trinajstić information content (AvgIpc) is 2.57. The smallest absolute Gasteiger partial charge is 0.335 e. The van der Waals surface area contributed by atoms with Crippen LogP contribution in [0.3, 0.4) is 0 Å². The van der Waals surface area contributed by atoms with Crippen molar-refractivity contribution in [1.29, 1.82) is 0 Å². The molecule has 4 N–H and O–H groups in total. The van der Waals surface area contributed by atoms with Crippen LogP contribution >= 0.6 is 23.2 Å². The molecule has 0 heterocycles. The van der Waals surface area contributed by atoms with Crippen LogP contribution in [0, 0.1) is 0 Å². The average molecular weight is 373 g/mol. The predicted octanol–water partition coefficient (Wildman–Crippen LogP) is 5.68. The van der Waals surface area contributed by atoms with Gasteiger partial charge in [0.15, 0.2) is 0 Å². The maximum Gasteiger partial charge on any atom is 0.335 e. The van der Waals surface area contributed by atoms with Crippen molar-refractivity contribution < 1.29 is 9.90 Å². The van der Waals surface area contributed by atoms with Gasteiger partial charge in [0.05, 0.1) is 16.9 Å². The second kappa shape index (κ2) is 7.05. The van der Waals surface area contributed by atoms with E-state index in [1.807, 2.05) is 30.3 Å². The van der Waals surface area contributed by atoms with Crippen LogP contribution in [0.25, 0.3) is 11.1 Å². The van der Waals surface area contributed by atoms with Crippen LogP contribution in [0.5, 0.6) is 0 Å². The summed E-state index contributed by atoms with van der Waals surface area (Å²) < 4.78 is 0. The quantitative estimate of drug-likeness (QED) is 0.514. The van der Waals surface area contributed by atoms with E-state index in [0.29, 0.717) is 21.4 Å². The van der Waals surface area contributed by atoms with Gasteiger partial charge in [-0.25, -0.2) is 4.79 Å². The zero-order chi connectivity index (χ0) is 18.0. The highest BCUT2D eigenvalue weighted by Gasteiger charge is 2.09. The first-order valence-corrected chi connectivity index (χ1v) is 8.15. The minimum absolute atomic E-state index is 0.161. The molecule has 0 aliphatic rings. The van der Waals surface area contributed by atoms with Crippen molar-refractivity contribution >= 4 is 46.2 Å². The van der Waals surface area contributed by atoms with Gasteiger partial charge in [-0.2, -0.15) is 0 Å². The van der Waals surface area contributed by atoms with Crippen LogP contribution in [0.2, 0.25) is 10.0 Å². The molecule has 3 rings (SSSR count). The number of nitrogens with two attached hydrogens (primary N) is 1. The lowest BCUT2D eigenvalue weighted by Crippen LogP contribution is -2.01. The third-order valence-corrected chi connectivity index (χ3v) is 4.23. The molecule has 3 aromatic rings. The van der Waals surface area contributed by atoms with Gasteiger partial charge in [-0.15, -0.1) is 0 Å². The Kier molecular flexibility index (Phi) is 4.83. The lowest BCUT2D eigenvalue weighted by Gasteiger charge is -2.12. The number of carbonyl (C=O) groups is 1. The number of hydrogen-bond acceptors (Lipinski definition) is 3. The monoisotopic (exact) mass is 372 g/mol. The third-order valence-electron chi connectivity index (χ3n) is 3.68. The van der Waals surface area contributed by atoms with Gasteiger partial charge >= 0.3 is 5.97 Å². The molecular formula is C19H14Cl2N2O2. The number of halogens is 2. The topological polar surface area (TPSA) is 75.4 Å². The first-order chi connectivity index (χ1) is 11.9. The first kappa shape index (κ1) is 17.1. The van der Waals surface area contributed by atoms with Crippen molar-refractivity contribution in [2.45, 2.75) is 0 Å². The minimum atomic E-state index is -1.01. The van der Waals surface area contributed by atoms with E-state index in [4.69, 9.17) is 34.0 Å². The Hall–Kier alpha value is -2.69. The fourth-order valence-corrected chi connectivity index (χ4v) is 2.96. The molecule has 0 aliphatic carbocycles. The molecule has 0 saturated carbocycles. The molecule has 0 spiro atoms. The normalized spacial score (nSPS) is 10.5. The molecule has 0 unspecified atom stereocenters. The van der Waals surface area contributed by atoms with Gasteiger partial charge in [0.1, 0.15) is 0 Å². The molecule has 0 bridgehead atoms. The summed E-state index contributed by atoms with van der Waals surface area (Å²) in [5.41, 5.74) is 9.60. The van der Waals surface area contributed by atoms with Crippen LogP contribution in [0.15, 0.2) is 60.7 Å². The molecule has 0 aliphatic heterocycles. The van der Waals surface area contributed by atoms with E-state index in [1.54, 1.807) is 18.2 Å². The highest BCUT2D eigenvalue weighted by atomic mass is 35.5. The Labute approximate surface area is 154 Å². The van der Waals surface area contributed by atoms with E-state index in [9.17, 15) is 4.79 Å². The van der Waals surface area contributed by atoms with Gasteiger partial charge in [-0.05, 0) is 48.0 Å². The summed E-state index contributed by atoms with van der Waals surface area (Å²) in [6, 6.07) is 17.4. The Balaban J connectivity index is 1.95. The third kappa shape index (κ3) is 3.87. The molecule has 0 radical (unpaired) electrons. The van der Waals surface area contributed by atoms with Crippen LogP contribution in [0.1, 0.15) is 10.4 Å². The molecule has 3 aromatic carbocycles. The summed E-state index contributed by atoms with van der Waals surface area (Å²) in [5, 5.41) is 13.4. The fourth-order valence-electron chi connectivity index (χ4n) is 2.44. The van der Waals surface area contributed by atoms with Crippen molar-refractivity contribution in [2.75, 3.05) is 11.1 Å². The van der Waals surface area contributed by atoms with Gasteiger partial charge in [0.2, 0.25) is 0 Å². The number of nitrogens with one attached hydrogen (secondary N) is 1. The number of carboxylic acids is 1. The van der Waals surface area contributed by atoms with Gasteiger partial charge < -0.3 is 16.2 Å². The SMILES string of the molecule is Nc1ccc(C(=O)O)cc1Nc1cccc(-c2ccc(Cl)cc2Cl)c1. The molecule has 6 heteroatoms. The van der Waals surface area contributed by atoms with Crippen molar-refractivity contribution in [2.24, 2.45) is 0 Å². The largest absolute Gasteiger partial charge is 0.478 e. The molecule has 126 valence electrons. The predicted molar refractivity (Wildman–Crippen MR) is 103 cm³/mol. The van der Waals surface area contributed by atoms with E-state index in [0.717, 1.165) is 16.8 Å². The lowest BCUT2D eigenvalue weighted by atomic mass is 10.0. The van der Waals surface area contributed by atoms with E-state index < -0.39 is 5.97 Å². The first-order valence-electron chi connectivity index (χ1n) is 7.39. The highest BCUT2D eigenvalue weighted by Crippen LogP contribution is 2.33. The Morgan fingerprint density at radius 2 is 1.80 bits per heavy atom. The van der Waals surface area contributed by atoms with E-state index in [2.05, 4.69) is 5.32 Å². The van der Waals surface area contributed by atoms with E-state index in [-0.39, 0.29) is 5.56 Å². The summed E-state index contributed by atoms with van der Waals surface area (Å²) in [7, 11) is 0. The van der Waals surface area contributed by atoms with Crippen molar-refractivity contribution in [1.82, 2.24) is 0 Å². The summed E-state index contributed by atoms with van der Waals surface area (Å²) in [4.78, 5) is 11.1. The zero-order valence-electron chi connectivity index (χ0n) is 13.0. The van der Waals surface area contributed by atoms with Crippen molar-refractivity contribution in [3.05, 3.63) is 76.3 Å². The molecule has 0 saturated heterocycles. The Morgan fingerprint density at radius 1 is 1.00 bits per heavy atom. The number of anilines is 3. The second-order valence-corrected chi connectivity index (χ2v) is 6.28. The van der Waals surface area contributed by atoms with Crippen LogP contribution < -0.4 is 11.1 Å². The number of benzene rings is 3. The molecule has 4 nitrogen and oxygen atoms in total. The standard InChI is InChI=1S/C19H14Cl2N2O2/c20-13-5-6-15(16(21)10-13)11-2-1-3-14(8-11)23-18-9-12(19(24)25)4-7-17(18)22/h1-10,23H,22H2,(H,24,25). The molecule has 0 fully saturated rings. The Bertz CT molecular complexity index is 958. The lowest BCUT2D eigenvalue weighted by molar-refractivity contribution is 0.0697. The number of carboxylic acid groups (broad SMARTS) is 1. The maximum atomic E-state index is 11.1. The van der Waals surface area contributed by atoms with Gasteiger partial charge in [-0.3, -0.25) is 0 Å². The van der Waals surface area contributed by atoms with Gasteiger partial charge in [-0.1, -0.05) is 41.4 Å². The second-order valence-electron chi connectivity index (χ2n) is 5.44. The zero-order valence-corrected chi connectivity index (χ0v) is 14.5. The summed E-state index contributed by atoms with van der Waals surface area (Å²) in [5.74, 6) is -1.01. The number of rotatable bonds is 4. The van der Waals surface area contributed by atoms with E-state index >= 15 is 0 Å².